The molecule has 0 aliphatic carbocycles. The molecule has 2 aromatic carbocycles. The minimum atomic E-state index is -0.172. The van der Waals surface area contributed by atoms with Gasteiger partial charge in [-0.2, -0.15) is 0 Å². The monoisotopic (exact) mass is 575 g/mol. The maximum Gasteiger partial charge on any atom is 0.256 e. The lowest BCUT2D eigenvalue weighted by molar-refractivity contribution is 0.0603. The molecule has 43 heavy (non-hydrogen) atoms. The van der Waals surface area contributed by atoms with Crippen molar-refractivity contribution in [2.45, 2.75) is 82.3 Å². The van der Waals surface area contributed by atoms with Gasteiger partial charge in [0.2, 0.25) is 0 Å². The molecule has 3 fully saturated rings. The quantitative estimate of drug-likeness (QED) is 0.239. The minimum Gasteiger partial charge on any atom is -0.339 e. The van der Waals surface area contributed by atoms with Crippen molar-refractivity contribution in [3.8, 4) is 0 Å². The number of fused-ring (bicyclic) bond motifs is 3. The second-order valence-electron chi connectivity index (χ2n) is 12.9. The average molecular weight is 576 g/mol. The van der Waals surface area contributed by atoms with Crippen LogP contribution in [-0.4, -0.2) is 67.7 Å². The van der Waals surface area contributed by atoms with E-state index in [0.29, 0.717) is 36.8 Å². The largest absolute Gasteiger partial charge is 0.339 e. The lowest BCUT2D eigenvalue weighted by atomic mass is 9.70. The molecule has 3 aliphatic rings. The molecule has 3 saturated heterocycles. The third-order valence-electron chi connectivity index (χ3n) is 10.6. The van der Waals surface area contributed by atoms with Crippen molar-refractivity contribution in [3.05, 3.63) is 95.6 Å². The van der Waals surface area contributed by atoms with Crippen LogP contribution in [0.5, 0.6) is 0 Å². The van der Waals surface area contributed by atoms with Crippen LogP contribution in [0, 0.1) is 6.92 Å². The number of imidazole rings is 1. The van der Waals surface area contributed by atoms with Crippen LogP contribution in [0.4, 0.5) is 0 Å². The number of amides is 1. The second-order valence-corrected chi connectivity index (χ2v) is 12.9. The lowest BCUT2D eigenvalue weighted by Crippen LogP contribution is -2.49. The fourth-order valence-electron chi connectivity index (χ4n) is 8.43. The Kier molecular flexibility index (Phi) is 7.38. The second kappa shape index (κ2) is 11.3. The summed E-state index contributed by atoms with van der Waals surface area (Å²) in [5, 5.41) is 0. The van der Waals surface area contributed by atoms with Crippen LogP contribution in [-0.2, 0) is 5.41 Å². The highest BCUT2D eigenvalue weighted by Gasteiger charge is 2.44. The summed E-state index contributed by atoms with van der Waals surface area (Å²) in [6.07, 6.45) is 9.43. The van der Waals surface area contributed by atoms with Crippen LogP contribution < -0.4 is 0 Å². The summed E-state index contributed by atoms with van der Waals surface area (Å²) in [4.78, 5) is 39.5. The van der Waals surface area contributed by atoms with Gasteiger partial charge in [0.15, 0.2) is 5.78 Å². The zero-order valence-electron chi connectivity index (χ0n) is 25.3. The molecule has 2 aromatic heterocycles. The highest BCUT2D eigenvalue weighted by molar-refractivity contribution is 6.05. The summed E-state index contributed by atoms with van der Waals surface area (Å²) < 4.78 is 2.51. The van der Waals surface area contributed by atoms with Gasteiger partial charge in [0.1, 0.15) is 11.5 Å². The van der Waals surface area contributed by atoms with Gasteiger partial charge in [-0.05, 0) is 93.7 Å². The number of hydrogen-bond acceptors (Lipinski definition) is 5. The van der Waals surface area contributed by atoms with Crippen LogP contribution in [0.2, 0.25) is 0 Å². The van der Waals surface area contributed by atoms with Gasteiger partial charge in [0, 0.05) is 44.3 Å². The summed E-state index contributed by atoms with van der Waals surface area (Å²) in [7, 11) is 0. The number of aromatic nitrogens is 3. The number of pyridine rings is 1. The van der Waals surface area contributed by atoms with E-state index in [1.54, 1.807) is 18.3 Å². The van der Waals surface area contributed by atoms with Gasteiger partial charge >= 0.3 is 0 Å². The van der Waals surface area contributed by atoms with E-state index in [9.17, 15) is 9.59 Å². The van der Waals surface area contributed by atoms with Crippen LogP contribution >= 0.6 is 0 Å². The van der Waals surface area contributed by atoms with E-state index in [0.717, 1.165) is 37.1 Å². The first-order valence-corrected chi connectivity index (χ1v) is 15.9. The van der Waals surface area contributed by atoms with E-state index in [2.05, 4.69) is 76.0 Å². The number of hydrogen-bond donors (Lipinski definition) is 0. The van der Waals surface area contributed by atoms with Crippen molar-refractivity contribution in [3.63, 3.8) is 0 Å². The summed E-state index contributed by atoms with van der Waals surface area (Å²) in [5.41, 5.74) is 4.47. The molecule has 0 spiro atoms. The molecule has 2 bridgehead atoms. The minimum absolute atomic E-state index is 0.0316. The number of Topliss-reactive ketones (excluding diaryl/α,β-unsaturated/α-hetero) is 1. The molecule has 0 N–H and O–H groups in total. The highest BCUT2D eigenvalue weighted by atomic mass is 16.2. The number of likely N-dealkylation sites (tertiary alicyclic amines) is 1. The Balaban J connectivity index is 1.07. The molecular weight excluding hydrogens is 534 g/mol. The van der Waals surface area contributed by atoms with Crippen molar-refractivity contribution in [2.24, 2.45) is 0 Å². The molecule has 2 unspecified atom stereocenters. The Morgan fingerprint density at radius 3 is 2.30 bits per heavy atom. The van der Waals surface area contributed by atoms with Crippen LogP contribution in [0.1, 0.15) is 90.1 Å². The van der Waals surface area contributed by atoms with Crippen molar-refractivity contribution >= 4 is 22.7 Å². The average Bonchev–Trinajstić information content (AvgIpc) is 3.50. The van der Waals surface area contributed by atoms with Gasteiger partial charge in [-0.15, -0.1) is 0 Å². The van der Waals surface area contributed by atoms with E-state index < -0.39 is 0 Å². The van der Waals surface area contributed by atoms with Gasteiger partial charge in [0.25, 0.3) is 5.91 Å². The van der Waals surface area contributed by atoms with E-state index in [-0.39, 0.29) is 22.8 Å². The number of benzene rings is 2. The SMILES string of the molecule is CC(=O)c1ncccc1C(=O)N1CCC(CCN2C3CCC2CC(n2c(C)nc4ccccc42)C3)(c2ccccc2)CC1. The van der Waals surface area contributed by atoms with Gasteiger partial charge < -0.3 is 9.47 Å². The number of piperidine rings is 2. The van der Waals surface area contributed by atoms with Crippen molar-refractivity contribution in [1.29, 1.82) is 0 Å². The number of carbonyl (C=O) groups is 2. The molecular formula is C36H41N5O2. The summed E-state index contributed by atoms with van der Waals surface area (Å²) in [6.45, 7) is 6.09. The Morgan fingerprint density at radius 1 is 0.884 bits per heavy atom. The van der Waals surface area contributed by atoms with Crippen molar-refractivity contribution in [2.75, 3.05) is 19.6 Å². The molecule has 4 aromatic rings. The maximum atomic E-state index is 13.5. The van der Waals surface area contributed by atoms with Gasteiger partial charge in [-0.1, -0.05) is 42.5 Å². The first kappa shape index (κ1) is 28.0. The van der Waals surface area contributed by atoms with Gasteiger partial charge in [-0.3, -0.25) is 19.5 Å². The zero-order chi connectivity index (χ0) is 29.6. The smallest absolute Gasteiger partial charge is 0.256 e. The van der Waals surface area contributed by atoms with E-state index in [1.165, 1.54) is 43.7 Å². The topological polar surface area (TPSA) is 71.3 Å². The number of ketones is 1. The number of aryl methyl sites for hydroxylation is 1. The standard InChI is InChI=1S/C36H41N5O2/c1-25(42)34-31(11-8-19-37-34)35(43)39-20-16-36(17-21-39,27-9-4-3-5-10-27)18-22-40-28-14-15-29(40)24-30(23-28)41-26(2)38-32-12-6-7-13-33(32)41/h3-13,19,28-30H,14-18,20-24H2,1-2H3. The first-order valence-electron chi connectivity index (χ1n) is 15.9. The molecule has 7 nitrogen and oxygen atoms in total. The number of para-hydroxylation sites is 2. The first-order chi connectivity index (χ1) is 20.9. The fourth-order valence-corrected chi connectivity index (χ4v) is 8.43. The van der Waals surface area contributed by atoms with Crippen LogP contribution in [0.25, 0.3) is 11.0 Å². The molecule has 1 amide bonds. The van der Waals surface area contributed by atoms with Gasteiger partial charge in [0.05, 0.1) is 16.6 Å². The van der Waals surface area contributed by atoms with E-state index in [4.69, 9.17) is 4.98 Å². The van der Waals surface area contributed by atoms with Crippen molar-refractivity contribution in [1.82, 2.24) is 24.3 Å². The lowest BCUT2D eigenvalue weighted by Gasteiger charge is -2.45. The molecule has 7 heteroatoms. The summed E-state index contributed by atoms with van der Waals surface area (Å²) in [5.74, 6) is 0.877. The third-order valence-corrected chi connectivity index (χ3v) is 10.6. The highest BCUT2D eigenvalue weighted by Crippen LogP contribution is 2.45. The predicted molar refractivity (Wildman–Crippen MR) is 168 cm³/mol. The zero-order valence-corrected chi connectivity index (χ0v) is 25.3. The van der Waals surface area contributed by atoms with E-state index >= 15 is 0 Å². The molecule has 222 valence electrons. The van der Waals surface area contributed by atoms with Crippen LogP contribution in [0.15, 0.2) is 72.9 Å². The number of rotatable bonds is 7. The number of nitrogens with zero attached hydrogens (tertiary/aromatic N) is 5. The molecule has 3 aliphatic heterocycles. The van der Waals surface area contributed by atoms with Gasteiger partial charge in [-0.25, -0.2) is 4.98 Å². The summed E-state index contributed by atoms with van der Waals surface area (Å²) >= 11 is 0. The van der Waals surface area contributed by atoms with E-state index in [1.807, 2.05) is 4.90 Å². The molecule has 0 radical (unpaired) electrons. The number of carbonyl (C=O) groups excluding carboxylic acids is 2. The Hall–Kier alpha value is -3.84. The fraction of sp³-hybridized carbons (Fsp3) is 0.444. The Bertz CT molecular complexity index is 1620. The Morgan fingerprint density at radius 2 is 1.58 bits per heavy atom. The molecule has 2 atom stereocenters. The Labute approximate surface area is 253 Å². The van der Waals surface area contributed by atoms with Crippen LogP contribution in [0.3, 0.4) is 0 Å². The van der Waals surface area contributed by atoms with Crippen molar-refractivity contribution < 1.29 is 9.59 Å². The summed E-state index contributed by atoms with van der Waals surface area (Å²) in [6, 6.07) is 24.7. The maximum absolute atomic E-state index is 13.5. The third kappa shape index (κ3) is 5.07. The normalized spacial score (nSPS) is 23.5. The molecule has 0 saturated carbocycles. The molecule has 5 heterocycles. The predicted octanol–water partition coefficient (Wildman–Crippen LogP) is 6.37. The molecule has 7 rings (SSSR count).